The van der Waals surface area contributed by atoms with E-state index in [1.807, 2.05) is 33.8 Å². The smallest absolute Gasteiger partial charge is 0.495 e. The molecule has 2 rings (SSSR count). The summed E-state index contributed by atoms with van der Waals surface area (Å²) in [5.41, 5.74) is 1.25. The third-order valence-corrected chi connectivity index (χ3v) is 4.35. The highest BCUT2D eigenvalue weighted by molar-refractivity contribution is 6.62. The monoisotopic (exact) mass is 276 g/mol. The van der Waals surface area contributed by atoms with E-state index in [1.54, 1.807) is 12.1 Å². The summed E-state index contributed by atoms with van der Waals surface area (Å²) in [7, 11) is -0.394. The molecule has 1 heterocycles. The molecule has 20 heavy (non-hydrogen) atoms. The van der Waals surface area contributed by atoms with Crippen LogP contribution in [0.3, 0.4) is 0 Å². The van der Waals surface area contributed by atoms with Crippen molar-refractivity contribution in [1.29, 1.82) is 0 Å². The van der Waals surface area contributed by atoms with Crippen molar-refractivity contribution in [3.63, 3.8) is 0 Å². The zero-order valence-electron chi connectivity index (χ0n) is 13.6. The van der Waals surface area contributed by atoms with Crippen LogP contribution in [0.2, 0.25) is 0 Å². The van der Waals surface area contributed by atoms with Crippen LogP contribution in [0, 0.1) is 0 Å². The summed E-state index contributed by atoms with van der Waals surface area (Å²) >= 11 is 0. The Bertz CT molecular complexity index is 499. The second kappa shape index (κ2) is 4.50. The van der Waals surface area contributed by atoms with E-state index in [0.29, 0.717) is 0 Å². The van der Waals surface area contributed by atoms with Crippen molar-refractivity contribution < 1.29 is 14.4 Å². The Hall–Kier alpha value is -0.995. The van der Waals surface area contributed by atoms with Crippen molar-refractivity contribution in [2.24, 2.45) is 0 Å². The van der Waals surface area contributed by atoms with Gasteiger partial charge in [-0.1, -0.05) is 26.8 Å². The molecule has 1 aliphatic rings. The topological polar surface area (TPSA) is 38.7 Å². The minimum absolute atomic E-state index is 0.0856. The van der Waals surface area contributed by atoms with Crippen molar-refractivity contribution in [3.05, 3.63) is 23.8 Å². The largest absolute Gasteiger partial charge is 0.508 e. The highest BCUT2D eigenvalue weighted by Crippen LogP contribution is 2.37. The van der Waals surface area contributed by atoms with Gasteiger partial charge in [-0.3, -0.25) is 0 Å². The molecule has 0 amide bonds. The van der Waals surface area contributed by atoms with Gasteiger partial charge in [0.25, 0.3) is 0 Å². The molecule has 0 spiro atoms. The molecular formula is C16H25BO3. The standard InChI is InChI=1S/C16H25BO3/c1-14(2,3)12-10-11(18)8-9-13(12)17-19-15(4,5)16(6,7)20-17/h8-10,18H,1-7H3. The van der Waals surface area contributed by atoms with Gasteiger partial charge in [0.1, 0.15) is 5.75 Å². The van der Waals surface area contributed by atoms with Gasteiger partial charge < -0.3 is 14.4 Å². The fraction of sp³-hybridized carbons (Fsp3) is 0.625. The van der Waals surface area contributed by atoms with Crippen LogP contribution in [0.1, 0.15) is 54.0 Å². The first-order valence-corrected chi connectivity index (χ1v) is 7.13. The van der Waals surface area contributed by atoms with E-state index in [0.717, 1.165) is 11.0 Å². The summed E-state index contributed by atoms with van der Waals surface area (Å²) in [6, 6.07) is 5.40. The van der Waals surface area contributed by atoms with E-state index in [9.17, 15) is 5.11 Å². The quantitative estimate of drug-likeness (QED) is 0.801. The van der Waals surface area contributed by atoms with Crippen molar-refractivity contribution in [1.82, 2.24) is 0 Å². The van der Waals surface area contributed by atoms with Crippen LogP contribution in [0.5, 0.6) is 5.75 Å². The van der Waals surface area contributed by atoms with Gasteiger partial charge >= 0.3 is 7.12 Å². The highest BCUT2D eigenvalue weighted by atomic mass is 16.7. The first-order valence-electron chi connectivity index (χ1n) is 7.13. The molecule has 1 aromatic rings. The minimum atomic E-state index is -0.394. The average Bonchev–Trinajstić information content (AvgIpc) is 2.46. The summed E-state index contributed by atoms with van der Waals surface area (Å²) in [6.45, 7) is 14.5. The third-order valence-electron chi connectivity index (χ3n) is 4.35. The first-order chi connectivity index (χ1) is 8.94. The summed E-state index contributed by atoms with van der Waals surface area (Å²) < 4.78 is 12.2. The molecule has 0 unspecified atom stereocenters. The molecule has 3 nitrogen and oxygen atoms in total. The van der Waals surface area contributed by atoms with E-state index < -0.39 is 7.12 Å². The number of rotatable bonds is 1. The molecule has 1 fully saturated rings. The Morgan fingerprint density at radius 1 is 1.00 bits per heavy atom. The fourth-order valence-electron chi connectivity index (χ4n) is 2.37. The summed E-state index contributed by atoms with van der Waals surface area (Å²) in [4.78, 5) is 0. The van der Waals surface area contributed by atoms with Crippen LogP contribution in [0.25, 0.3) is 0 Å². The van der Waals surface area contributed by atoms with E-state index in [4.69, 9.17) is 9.31 Å². The molecule has 0 aliphatic carbocycles. The van der Waals surface area contributed by atoms with E-state index >= 15 is 0 Å². The number of hydrogen-bond donors (Lipinski definition) is 1. The molecule has 1 saturated heterocycles. The van der Waals surface area contributed by atoms with E-state index in [1.165, 1.54) is 0 Å². The Labute approximate surface area is 122 Å². The maximum Gasteiger partial charge on any atom is 0.495 e. The highest BCUT2D eigenvalue weighted by Gasteiger charge is 2.52. The van der Waals surface area contributed by atoms with Crippen LogP contribution in [-0.4, -0.2) is 23.4 Å². The van der Waals surface area contributed by atoms with Gasteiger partial charge in [0.15, 0.2) is 0 Å². The van der Waals surface area contributed by atoms with Crippen LogP contribution < -0.4 is 5.46 Å². The van der Waals surface area contributed by atoms with Crippen LogP contribution in [0.15, 0.2) is 18.2 Å². The molecule has 1 N–H and O–H groups in total. The molecule has 0 saturated carbocycles. The van der Waals surface area contributed by atoms with Crippen LogP contribution in [-0.2, 0) is 14.7 Å². The van der Waals surface area contributed by atoms with Crippen molar-refractivity contribution in [2.75, 3.05) is 0 Å². The van der Waals surface area contributed by atoms with Gasteiger partial charge in [-0.15, -0.1) is 0 Å². The molecule has 1 aliphatic heterocycles. The number of phenolic OH excluding ortho intramolecular Hbond substituents is 1. The van der Waals surface area contributed by atoms with Crippen molar-refractivity contribution in [2.45, 2.75) is 65.1 Å². The van der Waals surface area contributed by atoms with Crippen LogP contribution in [0.4, 0.5) is 0 Å². The maximum atomic E-state index is 9.77. The number of hydrogen-bond acceptors (Lipinski definition) is 3. The van der Waals surface area contributed by atoms with Gasteiger partial charge in [0, 0.05) is 0 Å². The molecule has 1 aromatic carbocycles. The first kappa shape index (κ1) is 15.4. The molecular weight excluding hydrogens is 251 g/mol. The Morgan fingerprint density at radius 3 is 1.95 bits per heavy atom. The van der Waals surface area contributed by atoms with Crippen molar-refractivity contribution >= 4 is 12.6 Å². The Kier molecular flexibility index (Phi) is 3.47. The predicted octanol–water partition coefficient (Wildman–Crippen LogP) is 2.99. The minimum Gasteiger partial charge on any atom is -0.508 e. The van der Waals surface area contributed by atoms with Gasteiger partial charge in [-0.05, 0) is 56.3 Å². The molecule has 0 atom stereocenters. The second-order valence-electron chi connectivity index (χ2n) is 7.61. The molecule has 4 heteroatoms. The number of aromatic hydroxyl groups is 1. The Balaban J connectivity index is 2.46. The Morgan fingerprint density at radius 2 is 1.50 bits per heavy atom. The van der Waals surface area contributed by atoms with Gasteiger partial charge in [0.2, 0.25) is 0 Å². The third kappa shape index (κ3) is 2.59. The second-order valence-corrected chi connectivity index (χ2v) is 7.61. The maximum absolute atomic E-state index is 9.77. The van der Waals surface area contributed by atoms with Crippen LogP contribution >= 0.6 is 0 Å². The SMILES string of the molecule is CC(C)(C)c1cc(O)ccc1B1OC(C)(C)C(C)(C)O1. The van der Waals surface area contributed by atoms with Gasteiger partial charge in [-0.2, -0.15) is 0 Å². The summed E-state index contributed by atoms with van der Waals surface area (Å²) in [5, 5.41) is 9.77. The molecule has 0 radical (unpaired) electrons. The molecule has 0 bridgehead atoms. The lowest BCUT2D eigenvalue weighted by molar-refractivity contribution is 0.00578. The lowest BCUT2D eigenvalue weighted by atomic mass is 9.69. The van der Waals surface area contributed by atoms with E-state index in [-0.39, 0.29) is 22.4 Å². The normalized spacial score (nSPS) is 21.2. The predicted molar refractivity (Wildman–Crippen MR) is 82.5 cm³/mol. The zero-order valence-corrected chi connectivity index (χ0v) is 13.6. The lowest BCUT2D eigenvalue weighted by Crippen LogP contribution is -2.41. The summed E-state index contributed by atoms with van der Waals surface area (Å²) in [5.74, 6) is 0.273. The molecule has 0 aromatic heterocycles. The average molecular weight is 276 g/mol. The zero-order chi connectivity index (χ0) is 15.3. The van der Waals surface area contributed by atoms with Gasteiger partial charge in [0.05, 0.1) is 11.2 Å². The van der Waals surface area contributed by atoms with Crippen molar-refractivity contribution in [3.8, 4) is 5.75 Å². The molecule has 110 valence electrons. The summed E-state index contributed by atoms with van der Waals surface area (Å²) in [6.07, 6.45) is 0. The van der Waals surface area contributed by atoms with E-state index in [2.05, 4.69) is 20.8 Å². The lowest BCUT2D eigenvalue weighted by Gasteiger charge is -2.32. The number of phenols is 1. The van der Waals surface area contributed by atoms with Gasteiger partial charge in [-0.25, -0.2) is 0 Å². The number of benzene rings is 1. The fourth-order valence-corrected chi connectivity index (χ4v) is 2.37.